The number of nitrogens with zero attached hydrogens (tertiary/aromatic N) is 2. The van der Waals surface area contributed by atoms with Crippen molar-refractivity contribution in [1.82, 2.24) is 14.9 Å². The molecule has 34 heavy (non-hydrogen) atoms. The lowest BCUT2D eigenvalue weighted by Crippen LogP contribution is -2.47. The Balaban J connectivity index is 1.42. The molecule has 6 rings (SSSR count). The van der Waals surface area contributed by atoms with Gasteiger partial charge in [-0.15, -0.1) is 11.8 Å². The number of pyridine rings is 1. The van der Waals surface area contributed by atoms with Crippen molar-refractivity contribution in [3.63, 3.8) is 0 Å². The Hall–Kier alpha value is -2.46. The SMILES string of the molecule is CC(C)C[C@H](C(=O)O)N1C(=O)[C@H]2[C@@H]3C[C@@H]([C@@H]2C1=O)[C@H]1[C@@H](c2cccnc2)c2sc(=O)[nH]c2S[C@H]31. The van der Waals surface area contributed by atoms with Crippen molar-refractivity contribution in [2.24, 2.45) is 35.5 Å². The molecule has 2 N–H and O–H groups in total. The molecule has 2 aromatic heterocycles. The molecular formula is C24H25N3O5S2. The summed E-state index contributed by atoms with van der Waals surface area (Å²) in [4.78, 5) is 60.8. The zero-order valence-corrected chi connectivity index (χ0v) is 20.3. The number of hydrogen-bond donors (Lipinski definition) is 2. The van der Waals surface area contributed by atoms with Crippen LogP contribution in [0, 0.1) is 35.5 Å². The Bertz CT molecular complexity index is 1240. The fourth-order valence-corrected chi connectivity index (χ4v) is 9.93. The lowest BCUT2D eigenvalue weighted by Gasteiger charge is -2.42. The molecule has 0 radical (unpaired) electrons. The van der Waals surface area contributed by atoms with Gasteiger partial charge in [-0.2, -0.15) is 0 Å². The first-order valence-corrected chi connectivity index (χ1v) is 13.4. The van der Waals surface area contributed by atoms with Crippen LogP contribution in [0.1, 0.15) is 43.0 Å². The average molecular weight is 500 g/mol. The molecule has 0 aromatic carbocycles. The second-order valence-electron chi connectivity index (χ2n) is 10.3. The number of rotatable bonds is 5. The number of likely N-dealkylation sites (tertiary alicyclic amines) is 1. The van der Waals surface area contributed by atoms with Crippen LogP contribution in [0.5, 0.6) is 0 Å². The molecule has 2 saturated carbocycles. The quantitative estimate of drug-likeness (QED) is 0.607. The van der Waals surface area contributed by atoms with Crippen LogP contribution in [0.3, 0.4) is 0 Å². The van der Waals surface area contributed by atoms with Crippen molar-refractivity contribution in [3.05, 3.63) is 44.6 Å². The van der Waals surface area contributed by atoms with E-state index >= 15 is 0 Å². The molecule has 4 heterocycles. The van der Waals surface area contributed by atoms with Gasteiger partial charge in [0.1, 0.15) is 6.04 Å². The molecule has 2 bridgehead atoms. The van der Waals surface area contributed by atoms with Gasteiger partial charge in [0.25, 0.3) is 0 Å². The van der Waals surface area contributed by atoms with Crippen molar-refractivity contribution < 1.29 is 19.5 Å². The molecule has 178 valence electrons. The van der Waals surface area contributed by atoms with Gasteiger partial charge in [-0.25, -0.2) is 4.79 Å². The highest BCUT2D eigenvalue weighted by atomic mass is 32.2. The lowest BCUT2D eigenvalue weighted by molar-refractivity contribution is -0.156. The van der Waals surface area contributed by atoms with E-state index in [1.54, 1.807) is 18.0 Å². The highest BCUT2D eigenvalue weighted by Gasteiger charge is 2.70. The highest BCUT2D eigenvalue weighted by Crippen LogP contribution is 2.68. The summed E-state index contributed by atoms with van der Waals surface area (Å²) in [6.07, 6.45) is 4.57. The topological polar surface area (TPSA) is 120 Å². The van der Waals surface area contributed by atoms with Crippen LogP contribution in [0.25, 0.3) is 0 Å². The van der Waals surface area contributed by atoms with Gasteiger partial charge in [0, 0.05) is 28.4 Å². The summed E-state index contributed by atoms with van der Waals surface area (Å²) >= 11 is 2.84. The number of hydrogen-bond acceptors (Lipinski definition) is 7. The van der Waals surface area contributed by atoms with Gasteiger partial charge in [0.15, 0.2) is 0 Å². The number of thioether (sulfide) groups is 1. The van der Waals surface area contributed by atoms with E-state index in [-0.39, 0.29) is 57.9 Å². The van der Waals surface area contributed by atoms with Gasteiger partial charge in [0.05, 0.1) is 16.9 Å². The predicted molar refractivity (Wildman–Crippen MR) is 125 cm³/mol. The molecule has 2 amide bonds. The number of amides is 2. The number of fused-ring (bicyclic) bond motifs is 9. The first kappa shape index (κ1) is 22.0. The van der Waals surface area contributed by atoms with E-state index in [0.717, 1.165) is 26.8 Å². The Morgan fingerprint density at radius 2 is 1.97 bits per heavy atom. The summed E-state index contributed by atoms with van der Waals surface area (Å²) in [5.41, 5.74) is 1.01. The summed E-state index contributed by atoms with van der Waals surface area (Å²) in [7, 11) is 0. The molecule has 1 saturated heterocycles. The number of thiazole rings is 1. The van der Waals surface area contributed by atoms with E-state index in [1.807, 2.05) is 32.2 Å². The lowest BCUT2D eigenvalue weighted by atomic mass is 9.68. The smallest absolute Gasteiger partial charge is 0.326 e. The number of aromatic nitrogens is 2. The fourth-order valence-electron chi connectivity index (χ4n) is 7.04. The van der Waals surface area contributed by atoms with Gasteiger partial charge >= 0.3 is 10.8 Å². The Labute approximate surface area is 204 Å². The molecule has 2 aromatic rings. The van der Waals surface area contributed by atoms with Gasteiger partial charge in [-0.3, -0.25) is 24.3 Å². The molecule has 2 aliphatic carbocycles. The predicted octanol–water partition coefficient (Wildman–Crippen LogP) is 2.80. The minimum absolute atomic E-state index is 0.0179. The van der Waals surface area contributed by atoms with Crippen molar-refractivity contribution in [1.29, 1.82) is 0 Å². The second-order valence-corrected chi connectivity index (χ2v) is 12.5. The zero-order valence-electron chi connectivity index (χ0n) is 18.7. The number of carboxylic acid groups (broad SMARTS) is 1. The summed E-state index contributed by atoms with van der Waals surface area (Å²) in [6, 6.07) is 2.78. The third-order valence-corrected chi connectivity index (χ3v) is 10.7. The number of aliphatic carboxylic acids is 1. The standard InChI is InChI=1S/C24H25N3O5S2/c1-9(2)6-13(23(30)31)27-21(28)16-11-7-12(17(16)22(27)29)18-15(11)14(10-4-3-5-25-8-10)19-20(33-18)26-24(32)34-19/h3-5,8-9,11-18H,6-7H2,1-2H3,(H,26,32)(H,30,31)/t11-,12+,13-,14-,15+,16+,17+,18-/m1/s1. The summed E-state index contributed by atoms with van der Waals surface area (Å²) in [5.74, 6) is -2.71. The van der Waals surface area contributed by atoms with E-state index in [2.05, 4.69) is 9.97 Å². The number of carbonyl (C=O) groups excluding carboxylic acids is 2. The molecule has 2 aliphatic heterocycles. The van der Waals surface area contributed by atoms with E-state index in [4.69, 9.17) is 0 Å². The first-order chi connectivity index (χ1) is 16.3. The Morgan fingerprint density at radius 3 is 2.62 bits per heavy atom. The maximum Gasteiger partial charge on any atom is 0.326 e. The van der Waals surface area contributed by atoms with E-state index in [9.17, 15) is 24.3 Å². The van der Waals surface area contributed by atoms with Gasteiger partial charge in [0.2, 0.25) is 11.8 Å². The Morgan fingerprint density at radius 1 is 1.24 bits per heavy atom. The van der Waals surface area contributed by atoms with Crippen LogP contribution in [0.4, 0.5) is 0 Å². The summed E-state index contributed by atoms with van der Waals surface area (Å²) < 4.78 is 0. The van der Waals surface area contributed by atoms with Crippen molar-refractivity contribution >= 4 is 40.9 Å². The number of nitrogens with one attached hydrogen (secondary N) is 1. The summed E-state index contributed by atoms with van der Waals surface area (Å²) in [6.45, 7) is 3.79. The third-order valence-electron chi connectivity index (χ3n) is 8.09. The van der Waals surface area contributed by atoms with E-state index in [1.165, 1.54) is 11.3 Å². The fraction of sp³-hybridized carbons (Fsp3) is 0.542. The minimum Gasteiger partial charge on any atom is -0.480 e. The molecule has 4 aliphatic rings. The maximum atomic E-state index is 13.7. The first-order valence-electron chi connectivity index (χ1n) is 11.7. The average Bonchev–Trinajstić information content (AvgIpc) is 3.51. The van der Waals surface area contributed by atoms with Gasteiger partial charge in [-0.1, -0.05) is 31.3 Å². The normalized spacial score (nSPS) is 34.3. The van der Waals surface area contributed by atoms with Crippen molar-refractivity contribution in [3.8, 4) is 0 Å². The third kappa shape index (κ3) is 3.00. The number of carboxylic acids is 1. The monoisotopic (exact) mass is 499 g/mol. The maximum absolute atomic E-state index is 13.7. The van der Waals surface area contributed by atoms with Crippen LogP contribution in [0.2, 0.25) is 0 Å². The molecular weight excluding hydrogens is 474 g/mol. The van der Waals surface area contributed by atoms with Gasteiger partial charge in [-0.05, 0) is 48.1 Å². The Kier molecular flexibility index (Phi) is 5.04. The molecule has 10 heteroatoms. The van der Waals surface area contributed by atoms with Crippen molar-refractivity contribution in [2.75, 3.05) is 0 Å². The number of aromatic amines is 1. The van der Waals surface area contributed by atoms with Crippen LogP contribution in [-0.2, 0) is 14.4 Å². The highest BCUT2D eigenvalue weighted by molar-refractivity contribution is 8.00. The van der Waals surface area contributed by atoms with Crippen LogP contribution in [-0.4, -0.2) is 49.0 Å². The van der Waals surface area contributed by atoms with Crippen LogP contribution >= 0.6 is 23.1 Å². The van der Waals surface area contributed by atoms with Crippen LogP contribution < -0.4 is 4.87 Å². The number of H-pyrrole nitrogens is 1. The van der Waals surface area contributed by atoms with Crippen LogP contribution in [0.15, 0.2) is 34.3 Å². The minimum atomic E-state index is -1.12. The zero-order chi connectivity index (χ0) is 23.9. The molecule has 8 atom stereocenters. The number of imide groups is 1. The largest absolute Gasteiger partial charge is 0.480 e. The molecule has 8 nitrogen and oxygen atoms in total. The van der Waals surface area contributed by atoms with E-state index < -0.39 is 23.8 Å². The van der Waals surface area contributed by atoms with E-state index in [0.29, 0.717) is 0 Å². The molecule has 3 fully saturated rings. The molecule has 0 unspecified atom stereocenters. The van der Waals surface area contributed by atoms with Gasteiger partial charge < -0.3 is 10.1 Å². The summed E-state index contributed by atoms with van der Waals surface area (Å²) in [5, 5.41) is 10.8. The second kappa shape index (κ2) is 7.78. The van der Waals surface area contributed by atoms with Crippen molar-refractivity contribution in [2.45, 2.75) is 48.9 Å². The molecule has 0 spiro atoms. The number of carbonyl (C=O) groups is 3.